The van der Waals surface area contributed by atoms with E-state index in [4.69, 9.17) is 16.3 Å². The van der Waals surface area contributed by atoms with Crippen LogP contribution in [-0.4, -0.2) is 28.0 Å². The smallest absolute Gasteiger partial charge is 0.264 e. The van der Waals surface area contributed by atoms with E-state index >= 15 is 0 Å². The molecule has 1 amide bonds. The Bertz CT molecular complexity index is 1180. The Morgan fingerprint density at radius 3 is 2.26 bits per heavy atom. The Hall–Kier alpha value is -3.03. The summed E-state index contributed by atoms with van der Waals surface area (Å²) in [7, 11) is -2.50. The number of benzene rings is 3. The number of methoxy groups -OCH3 is 1. The third kappa shape index (κ3) is 5.37. The van der Waals surface area contributed by atoms with Crippen LogP contribution in [0.1, 0.15) is 11.1 Å². The summed E-state index contributed by atoms with van der Waals surface area (Å²) in [6.07, 6.45) is 0. The molecular weight excluding hydrogens is 436 g/mol. The number of aryl methyl sites for hydroxylation is 2. The number of sulfonamides is 1. The lowest BCUT2D eigenvalue weighted by atomic mass is 10.2. The Morgan fingerprint density at radius 2 is 1.65 bits per heavy atom. The van der Waals surface area contributed by atoms with E-state index in [1.807, 2.05) is 13.8 Å². The SMILES string of the molecule is COc1ccc(S(=O)(=O)N(CC(=O)Nc2cc(Cl)ccc2C)c2ccc(C)cc2)cc1. The van der Waals surface area contributed by atoms with Crippen molar-refractivity contribution in [3.05, 3.63) is 82.9 Å². The summed E-state index contributed by atoms with van der Waals surface area (Å²) in [5.74, 6) is 0.0537. The largest absolute Gasteiger partial charge is 0.497 e. The molecule has 0 saturated carbocycles. The van der Waals surface area contributed by atoms with E-state index in [1.54, 1.807) is 54.6 Å². The third-order valence-corrected chi connectivity index (χ3v) is 6.75. The quantitative estimate of drug-likeness (QED) is 0.551. The zero-order chi connectivity index (χ0) is 22.6. The van der Waals surface area contributed by atoms with Gasteiger partial charge in [0.2, 0.25) is 5.91 Å². The molecular formula is C23H23ClN2O4S. The van der Waals surface area contributed by atoms with Crippen LogP contribution in [0.15, 0.2) is 71.6 Å². The Balaban J connectivity index is 1.95. The number of nitrogens with one attached hydrogen (secondary N) is 1. The lowest BCUT2D eigenvalue weighted by Gasteiger charge is -2.24. The molecule has 0 fully saturated rings. The fourth-order valence-electron chi connectivity index (χ4n) is 2.95. The van der Waals surface area contributed by atoms with Crippen LogP contribution in [-0.2, 0) is 14.8 Å². The molecule has 3 aromatic rings. The van der Waals surface area contributed by atoms with Gasteiger partial charge in [-0.1, -0.05) is 35.4 Å². The zero-order valence-corrected chi connectivity index (χ0v) is 19.0. The monoisotopic (exact) mass is 458 g/mol. The highest BCUT2D eigenvalue weighted by molar-refractivity contribution is 7.92. The van der Waals surface area contributed by atoms with Crippen molar-refractivity contribution in [1.82, 2.24) is 0 Å². The topological polar surface area (TPSA) is 75.7 Å². The van der Waals surface area contributed by atoms with Gasteiger partial charge in [-0.15, -0.1) is 0 Å². The van der Waals surface area contributed by atoms with E-state index in [9.17, 15) is 13.2 Å². The molecule has 0 bridgehead atoms. The predicted octanol–water partition coefficient (Wildman–Crippen LogP) is 4.80. The van der Waals surface area contributed by atoms with Gasteiger partial charge in [-0.2, -0.15) is 0 Å². The van der Waals surface area contributed by atoms with Gasteiger partial charge in [0.15, 0.2) is 0 Å². The lowest BCUT2D eigenvalue weighted by molar-refractivity contribution is -0.114. The second kappa shape index (κ2) is 9.41. The fourth-order valence-corrected chi connectivity index (χ4v) is 4.54. The van der Waals surface area contributed by atoms with Gasteiger partial charge in [0.05, 0.1) is 17.7 Å². The van der Waals surface area contributed by atoms with Crippen molar-refractivity contribution in [3.63, 3.8) is 0 Å². The van der Waals surface area contributed by atoms with Gasteiger partial charge in [-0.25, -0.2) is 8.42 Å². The highest BCUT2D eigenvalue weighted by Crippen LogP contribution is 2.26. The van der Waals surface area contributed by atoms with Crippen molar-refractivity contribution in [2.75, 3.05) is 23.3 Å². The van der Waals surface area contributed by atoms with Crippen LogP contribution in [0.2, 0.25) is 5.02 Å². The molecule has 0 radical (unpaired) electrons. The minimum Gasteiger partial charge on any atom is -0.497 e. The van der Waals surface area contributed by atoms with E-state index < -0.39 is 22.5 Å². The first-order chi connectivity index (χ1) is 14.7. The van der Waals surface area contributed by atoms with E-state index in [0.29, 0.717) is 22.1 Å². The summed E-state index contributed by atoms with van der Waals surface area (Å²) in [6.45, 7) is 3.34. The van der Waals surface area contributed by atoms with Crippen molar-refractivity contribution in [3.8, 4) is 5.75 Å². The maximum Gasteiger partial charge on any atom is 0.264 e. The number of carbonyl (C=O) groups is 1. The Labute approximate surface area is 187 Å². The number of hydrogen-bond donors (Lipinski definition) is 1. The maximum atomic E-state index is 13.4. The number of halogens is 1. The standard InChI is InChI=1S/C23H23ClN2O4S/c1-16-4-8-19(9-5-16)26(31(28,29)21-12-10-20(30-3)11-13-21)15-23(27)25-22-14-18(24)7-6-17(22)2/h4-14H,15H2,1-3H3,(H,25,27). The van der Waals surface area contributed by atoms with E-state index in [-0.39, 0.29) is 4.90 Å². The summed E-state index contributed by atoms with van der Waals surface area (Å²) >= 11 is 6.03. The van der Waals surface area contributed by atoms with Gasteiger partial charge in [0.25, 0.3) is 10.0 Å². The molecule has 0 aromatic heterocycles. The zero-order valence-electron chi connectivity index (χ0n) is 17.4. The number of rotatable bonds is 7. The lowest BCUT2D eigenvalue weighted by Crippen LogP contribution is -2.38. The van der Waals surface area contributed by atoms with Crippen LogP contribution in [0.3, 0.4) is 0 Å². The normalized spacial score (nSPS) is 11.1. The number of amides is 1. The number of hydrogen-bond acceptors (Lipinski definition) is 4. The highest BCUT2D eigenvalue weighted by atomic mass is 35.5. The predicted molar refractivity (Wildman–Crippen MR) is 124 cm³/mol. The highest BCUT2D eigenvalue weighted by Gasteiger charge is 2.27. The summed E-state index contributed by atoms with van der Waals surface area (Å²) < 4.78 is 33.0. The van der Waals surface area contributed by atoms with E-state index in [0.717, 1.165) is 15.4 Å². The van der Waals surface area contributed by atoms with Crippen LogP contribution >= 0.6 is 11.6 Å². The molecule has 0 unspecified atom stereocenters. The molecule has 0 aliphatic rings. The molecule has 0 aliphatic carbocycles. The van der Waals surface area contributed by atoms with Gasteiger partial charge < -0.3 is 10.1 Å². The Morgan fingerprint density at radius 1 is 1.00 bits per heavy atom. The Kier molecular flexibility index (Phi) is 6.87. The molecule has 0 aliphatic heterocycles. The second-order valence-corrected chi connectivity index (χ2v) is 9.33. The third-order valence-electron chi connectivity index (χ3n) is 4.73. The van der Waals surface area contributed by atoms with Crippen LogP contribution in [0.25, 0.3) is 0 Å². The average Bonchev–Trinajstić information content (AvgIpc) is 2.75. The molecule has 8 heteroatoms. The van der Waals surface area contributed by atoms with Crippen molar-refractivity contribution >= 4 is 38.9 Å². The van der Waals surface area contributed by atoms with Gasteiger partial charge in [0.1, 0.15) is 12.3 Å². The number of carbonyl (C=O) groups excluding carboxylic acids is 1. The average molecular weight is 459 g/mol. The first-order valence-corrected chi connectivity index (χ1v) is 11.3. The number of anilines is 2. The molecule has 6 nitrogen and oxygen atoms in total. The number of ether oxygens (including phenoxy) is 1. The van der Waals surface area contributed by atoms with Gasteiger partial charge in [-0.05, 0) is 67.9 Å². The van der Waals surface area contributed by atoms with Crippen LogP contribution in [0.5, 0.6) is 5.75 Å². The van der Waals surface area contributed by atoms with Crippen molar-refractivity contribution in [2.24, 2.45) is 0 Å². The van der Waals surface area contributed by atoms with Gasteiger partial charge in [0, 0.05) is 10.7 Å². The van der Waals surface area contributed by atoms with E-state index in [2.05, 4.69) is 5.32 Å². The molecule has 0 atom stereocenters. The molecule has 0 saturated heterocycles. The first kappa shape index (κ1) is 22.7. The van der Waals surface area contributed by atoms with Crippen molar-refractivity contribution in [1.29, 1.82) is 0 Å². The molecule has 1 N–H and O–H groups in total. The minimum absolute atomic E-state index is 0.0561. The molecule has 0 spiro atoms. The first-order valence-electron chi connectivity index (χ1n) is 9.50. The molecule has 3 aromatic carbocycles. The summed E-state index contributed by atoms with van der Waals surface area (Å²) in [5, 5.41) is 3.23. The molecule has 31 heavy (non-hydrogen) atoms. The van der Waals surface area contributed by atoms with Crippen molar-refractivity contribution < 1.29 is 17.9 Å². The minimum atomic E-state index is -4.01. The molecule has 3 rings (SSSR count). The summed E-state index contributed by atoms with van der Waals surface area (Å²) in [5.41, 5.74) is 2.71. The number of nitrogens with zero attached hydrogens (tertiary/aromatic N) is 1. The fraction of sp³-hybridized carbons (Fsp3) is 0.174. The maximum absolute atomic E-state index is 13.4. The second-order valence-electron chi connectivity index (χ2n) is 7.03. The molecule has 0 heterocycles. The van der Waals surface area contributed by atoms with Gasteiger partial charge >= 0.3 is 0 Å². The molecule has 162 valence electrons. The summed E-state index contributed by atoms with van der Waals surface area (Å²) in [4.78, 5) is 12.9. The van der Waals surface area contributed by atoms with E-state index in [1.165, 1.54) is 19.2 Å². The summed E-state index contributed by atoms with van der Waals surface area (Å²) in [6, 6.07) is 18.1. The van der Waals surface area contributed by atoms with Crippen LogP contribution in [0.4, 0.5) is 11.4 Å². The van der Waals surface area contributed by atoms with Gasteiger partial charge in [-0.3, -0.25) is 9.10 Å². The van der Waals surface area contributed by atoms with Crippen LogP contribution in [0, 0.1) is 13.8 Å². The van der Waals surface area contributed by atoms with Crippen LogP contribution < -0.4 is 14.4 Å². The van der Waals surface area contributed by atoms with Crippen molar-refractivity contribution in [2.45, 2.75) is 18.7 Å².